The molecule has 0 unspecified atom stereocenters. The third-order valence-corrected chi connectivity index (χ3v) is 1.19. The maximum atomic E-state index is 3.63. The molecule has 0 saturated heterocycles. The molecular weight excluding hydrogens is 140 g/mol. The second kappa shape index (κ2) is 5.22. The Morgan fingerprint density at radius 2 is 2.00 bits per heavy atom. The molecular formula is C5H11Br. The van der Waals surface area contributed by atoms with Gasteiger partial charge in [0.25, 0.3) is 0 Å². The Hall–Kier alpha value is 0.220. The molecule has 0 atom stereocenters. The van der Waals surface area contributed by atoms with Crippen LogP contribution in [0, 0.1) is 0 Å². The van der Waals surface area contributed by atoms with Gasteiger partial charge in [0.15, 0.2) is 0 Å². The van der Waals surface area contributed by atoms with E-state index in [0.717, 1.165) is 5.33 Å². The summed E-state index contributed by atoms with van der Waals surface area (Å²) in [6.45, 7) is 5.61. The Morgan fingerprint density at radius 3 is 2.00 bits per heavy atom. The van der Waals surface area contributed by atoms with Crippen LogP contribution < -0.4 is 0 Å². The van der Waals surface area contributed by atoms with Gasteiger partial charge in [0.1, 0.15) is 0 Å². The standard InChI is InChI=1S/C4H7Br.CH4/c1-4(2)3-5;/h1,3H2,2H3;1H4. The van der Waals surface area contributed by atoms with Gasteiger partial charge in [-0.15, -0.1) is 0 Å². The molecule has 1 heteroatoms. The average Bonchev–Trinajstić information content (AvgIpc) is 1.38. The van der Waals surface area contributed by atoms with Gasteiger partial charge in [0.05, 0.1) is 0 Å². The van der Waals surface area contributed by atoms with Crippen molar-refractivity contribution in [1.82, 2.24) is 0 Å². The van der Waals surface area contributed by atoms with Gasteiger partial charge in [-0.25, -0.2) is 0 Å². The SMILES string of the molecule is C.C=C(C)CBr. The number of halogens is 1. The zero-order valence-electron chi connectivity index (χ0n) is 3.29. The topological polar surface area (TPSA) is 0 Å². The maximum Gasteiger partial charge on any atom is 0.0236 e. The van der Waals surface area contributed by atoms with Crippen LogP contribution >= 0.6 is 15.9 Å². The minimum Gasteiger partial charge on any atom is -0.0993 e. The molecule has 38 valence electrons. The Labute approximate surface area is 48.4 Å². The summed E-state index contributed by atoms with van der Waals surface area (Å²) in [7, 11) is 0. The Kier molecular flexibility index (Phi) is 8.28. The summed E-state index contributed by atoms with van der Waals surface area (Å²) in [6, 6.07) is 0. The van der Waals surface area contributed by atoms with Gasteiger partial charge in [-0.3, -0.25) is 0 Å². The molecule has 0 rings (SSSR count). The highest BCUT2D eigenvalue weighted by molar-refractivity contribution is 9.09. The third-order valence-electron chi connectivity index (χ3n) is 0.228. The smallest absolute Gasteiger partial charge is 0.0236 e. The monoisotopic (exact) mass is 150 g/mol. The fourth-order valence-electron chi connectivity index (χ4n) is 0. The molecule has 0 amide bonds. The molecule has 0 aromatic heterocycles. The van der Waals surface area contributed by atoms with Crippen LogP contribution in [0.4, 0.5) is 0 Å². The van der Waals surface area contributed by atoms with E-state index in [9.17, 15) is 0 Å². The maximum absolute atomic E-state index is 3.63. The molecule has 0 fully saturated rings. The van der Waals surface area contributed by atoms with Crippen LogP contribution in [0.25, 0.3) is 0 Å². The summed E-state index contributed by atoms with van der Waals surface area (Å²) in [4.78, 5) is 0. The van der Waals surface area contributed by atoms with Crippen molar-refractivity contribution in [3.8, 4) is 0 Å². The molecule has 0 nitrogen and oxygen atoms in total. The molecule has 0 aromatic carbocycles. The first-order chi connectivity index (χ1) is 2.27. The molecule has 0 bridgehead atoms. The molecule has 0 N–H and O–H groups in total. The first kappa shape index (κ1) is 9.52. The molecule has 6 heavy (non-hydrogen) atoms. The zero-order chi connectivity index (χ0) is 4.28. The first-order valence-corrected chi connectivity index (χ1v) is 2.60. The van der Waals surface area contributed by atoms with Crippen LogP contribution in [0.3, 0.4) is 0 Å². The van der Waals surface area contributed by atoms with Crippen LogP contribution in [-0.4, -0.2) is 5.33 Å². The van der Waals surface area contributed by atoms with Crippen molar-refractivity contribution >= 4 is 15.9 Å². The summed E-state index contributed by atoms with van der Waals surface area (Å²) in [6.07, 6.45) is 0. The fourth-order valence-corrected chi connectivity index (χ4v) is 0. The van der Waals surface area contributed by atoms with Crippen LogP contribution in [0.15, 0.2) is 12.2 Å². The van der Waals surface area contributed by atoms with Crippen molar-refractivity contribution in [2.45, 2.75) is 14.4 Å². The minimum atomic E-state index is 0. The van der Waals surface area contributed by atoms with Crippen molar-refractivity contribution in [3.63, 3.8) is 0 Å². The highest BCUT2D eigenvalue weighted by Gasteiger charge is 1.69. The molecule has 0 saturated carbocycles. The van der Waals surface area contributed by atoms with E-state index in [-0.39, 0.29) is 7.43 Å². The summed E-state index contributed by atoms with van der Waals surface area (Å²) < 4.78 is 0. The van der Waals surface area contributed by atoms with Crippen LogP contribution in [-0.2, 0) is 0 Å². The predicted molar refractivity (Wildman–Crippen MR) is 35.3 cm³/mol. The van der Waals surface area contributed by atoms with Crippen LogP contribution in [0.5, 0.6) is 0 Å². The molecule has 0 aliphatic heterocycles. The number of rotatable bonds is 1. The van der Waals surface area contributed by atoms with E-state index < -0.39 is 0 Å². The molecule has 0 spiro atoms. The Bertz CT molecular complexity index is 39.2. The molecule has 0 heterocycles. The summed E-state index contributed by atoms with van der Waals surface area (Å²) >= 11 is 3.21. The fraction of sp³-hybridized carbons (Fsp3) is 0.600. The average molecular weight is 151 g/mol. The van der Waals surface area contributed by atoms with Gasteiger partial charge in [-0.2, -0.15) is 0 Å². The van der Waals surface area contributed by atoms with Crippen LogP contribution in [0.1, 0.15) is 14.4 Å². The molecule has 0 aliphatic rings. The highest BCUT2D eigenvalue weighted by atomic mass is 79.9. The number of hydrogen-bond donors (Lipinski definition) is 0. The lowest BCUT2D eigenvalue weighted by Crippen LogP contribution is -1.64. The zero-order valence-corrected chi connectivity index (χ0v) is 4.88. The van der Waals surface area contributed by atoms with E-state index >= 15 is 0 Å². The normalized spacial score (nSPS) is 6.33. The summed E-state index contributed by atoms with van der Waals surface area (Å²) in [5, 5.41) is 0.924. The van der Waals surface area contributed by atoms with E-state index in [1.165, 1.54) is 5.57 Å². The number of hydrogen-bond acceptors (Lipinski definition) is 0. The molecule has 0 radical (unpaired) electrons. The lowest BCUT2D eigenvalue weighted by Gasteiger charge is -1.77. The largest absolute Gasteiger partial charge is 0.0993 e. The quantitative estimate of drug-likeness (QED) is 0.399. The number of allylic oxidation sites excluding steroid dienone is 1. The van der Waals surface area contributed by atoms with E-state index in [4.69, 9.17) is 0 Å². The van der Waals surface area contributed by atoms with Crippen molar-refractivity contribution in [1.29, 1.82) is 0 Å². The van der Waals surface area contributed by atoms with Crippen molar-refractivity contribution in [3.05, 3.63) is 12.2 Å². The minimum absolute atomic E-state index is 0. The van der Waals surface area contributed by atoms with Gasteiger partial charge in [-0.05, 0) is 6.92 Å². The van der Waals surface area contributed by atoms with E-state index in [1.807, 2.05) is 6.92 Å². The summed E-state index contributed by atoms with van der Waals surface area (Å²) in [5.74, 6) is 0. The Balaban J connectivity index is 0. The second-order valence-electron chi connectivity index (χ2n) is 1.09. The third kappa shape index (κ3) is 8.88. The lowest BCUT2D eigenvalue weighted by atomic mass is 10.4. The first-order valence-electron chi connectivity index (χ1n) is 1.47. The van der Waals surface area contributed by atoms with E-state index in [2.05, 4.69) is 22.5 Å². The van der Waals surface area contributed by atoms with E-state index in [0.29, 0.717) is 0 Å². The van der Waals surface area contributed by atoms with Gasteiger partial charge < -0.3 is 0 Å². The van der Waals surface area contributed by atoms with Crippen molar-refractivity contribution in [2.75, 3.05) is 5.33 Å². The highest BCUT2D eigenvalue weighted by Crippen LogP contribution is 1.89. The summed E-state index contributed by atoms with van der Waals surface area (Å²) in [5.41, 5.74) is 1.17. The predicted octanol–water partition coefficient (Wildman–Crippen LogP) is 2.59. The second-order valence-corrected chi connectivity index (χ2v) is 1.65. The van der Waals surface area contributed by atoms with Gasteiger partial charge in [-0.1, -0.05) is 35.5 Å². The molecule has 0 aliphatic carbocycles. The van der Waals surface area contributed by atoms with Gasteiger partial charge in [0, 0.05) is 5.33 Å². The van der Waals surface area contributed by atoms with Crippen molar-refractivity contribution in [2.24, 2.45) is 0 Å². The van der Waals surface area contributed by atoms with Gasteiger partial charge >= 0.3 is 0 Å². The van der Waals surface area contributed by atoms with Gasteiger partial charge in [0.2, 0.25) is 0 Å². The Morgan fingerprint density at radius 1 is 1.83 bits per heavy atom. The number of alkyl halides is 1. The van der Waals surface area contributed by atoms with E-state index in [1.54, 1.807) is 0 Å². The molecule has 0 aromatic rings. The lowest BCUT2D eigenvalue weighted by molar-refractivity contribution is 1.46. The van der Waals surface area contributed by atoms with Crippen LogP contribution in [0.2, 0.25) is 0 Å². The van der Waals surface area contributed by atoms with Crippen molar-refractivity contribution < 1.29 is 0 Å².